The van der Waals surface area contributed by atoms with Gasteiger partial charge in [-0.2, -0.15) is 4.21 Å². The summed E-state index contributed by atoms with van der Waals surface area (Å²) in [6.07, 6.45) is 21.0. The highest BCUT2D eigenvalue weighted by Crippen LogP contribution is 2.49. The molecule has 0 radical (unpaired) electrons. The highest BCUT2D eigenvalue weighted by Gasteiger charge is 2.53. The molecule has 12 heteroatoms. The van der Waals surface area contributed by atoms with E-state index in [2.05, 4.69) is 15.6 Å². The van der Waals surface area contributed by atoms with E-state index in [4.69, 9.17) is 13.5 Å². The van der Waals surface area contributed by atoms with Gasteiger partial charge >= 0.3 is 11.4 Å². The number of fused-ring (bicyclic) bond motifs is 4. The zero-order chi connectivity index (χ0) is 30.0. The van der Waals surface area contributed by atoms with Gasteiger partial charge in [-0.05, 0) is 80.9 Å². The Hall–Kier alpha value is -0.660. The zero-order valence-electron chi connectivity index (χ0n) is 25.4. The smallest absolute Gasteiger partial charge is 0.301 e. The Morgan fingerprint density at radius 3 is 2.53 bits per heavy atom. The summed E-state index contributed by atoms with van der Waals surface area (Å²) in [6.45, 7) is 1.49. The summed E-state index contributed by atoms with van der Waals surface area (Å²) in [5, 5.41) is 1.63. The number of hydrogen-bond donors (Lipinski definition) is 1. The Kier molecular flexibility index (Phi) is 10.8. The van der Waals surface area contributed by atoms with Crippen LogP contribution in [0.3, 0.4) is 0 Å². The van der Waals surface area contributed by atoms with Crippen molar-refractivity contribution in [3.63, 3.8) is 0 Å². The fourth-order valence-electron chi connectivity index (χ4n) is 9.49. The third kappa shape index (κ3) is 7.84. The van der Waals surface area contributed by atoms with Crippen molar-refractivity contribution in [1.29, 1.82) is 0 Å². The molecule has 0 aromatic heterocycles. The van der Waals surface area contributed by atoms with E-state index < -0.39 is 21.5 Å². The van der Waals surface area contributed by atoms with E-state index in [1.165, 1.54) is 77.0 Å². The van der Waals surface area contributed by atoms with E-state index >= 15 is 0 Å². The fraction of sp³-hybridized carbons (Fsp3) is 0.903. The Bertz CT molecular complexity index is 1170. The molecule has 8 atom stereocenters. The summed E-state index contributed by atoms with van der Waals surface area (Å²) >= 11 is -0.336. The van der Waals surface area contributed by atoms with Crippen LogP contribution in [0.4, 0.5) is 0 Å². The molecule has 6 rings (SSSR count). The lowest BCUT2D eigenvalue weighted by Crippen LogP contribution is -2.46. The third-order valence-electron chi connectivity index (χ3n) is 11.4. The molecule has 4 aliphatic carbocycles. The largest absolute Gasteiger partial charge is 0.748 e. The van der Waals surface area contributed by atoms with Gasteiger partial charge in [-0.3, -0.25) is 8.74 Å². The van der Waals surface area contributed by atoms with Crippen molar-refractivity contribution in [2.45, 2.75) is 126 Å². The van der Waals surface area contributed by atoms with E-state index in [0.29, 0.717) is 49.2 Å². The molecule has 2 aliphatic heterocycles. The molecule has 43 heavy (non-hydrogen) atoms. The van der Waals surface area contributed by atoms with Gasteiger partial charge in [-0.1, -0.05) is 44.9 Å². The molecule has 2 heterocycles. The van der Waals surface area contributed by atoms with Crippen molar-refractivity contribution in [2.24, 2.45) is 23.7 Å². The molecular formula is C31H50N2O7S3. The first-order valence-electron chi connectivity index (χ1n) is 16.9. The van der Waals surface area contributed by atoms with Gasteiger partial charge in [0.25, 0.3) is 0 Å². The van der Waals surface area contributed by atoms with Crippen molar-refractivity contribution in [1.82, 2.24) is 4.90 Å². The van der Waals surface area contributed by atoms with Crippen LogP contribution in [-0.2, 0) is 30.4 Å². The maximum absolute atomic E-state index is 11.5. The van der Waals surface area contributed by atoms with E-state index in [0.717, 1.165) is 41.5 Å². The molecule has 1 saturated heterocycles. The minimum absolute atomic E-state index is 0.148. The molecule has 0 spiro atoms. The molecule has 4 saturated carbocycles. The summed E-state index contributed by atoms with van der Waals surface area (Å²) in [5.74, 6) is 3.44. The van der Waals surface area contributed by atoms with Gasteiger partial charge in [0, 0.05) is 24.6 Å². The lowest BCUT2D eigenvalue weighted by atomic mass is 9.68. The first-order valence-corrected chi connectivity index (χ1v) is 20.4. The van der Waals surface area contributed by atoms with Gasteiger partial charge in [0.2, 0.25) is 5.04 Å². The Labute approximate surface area is 264 Å². The van der Waals surface area contributed by atoms with Crippen molar-refractivity contribution in [2.75, 3.05) is 25.4 Å². The molecule has 0 bridgehead atoms. The SMILES string of the molecule is O=S(O)OCCCN1C(=CC2=[N+](CCCS(=O)(=O)[O-])C3C(CCC4CCCCC43)S2)OC2CCC(C3CCCCC3)CC21. The maximum atomic E-state index is 11.5. The normalized spacial score (nSPS) is 36.7. The molecule has 0 aromatic carbocycles. The molecule has 244 valence electrons. The average Bonchev–Trinajstić information content (AvgIpc) is 3.52. The van der Waals surface area contributed by atoms with Gasteiger partial charge in [0.05, 0.1) is 34.1 Å². The van der Waals surface area contributed by atoms with E-state index in [1.54, 1.807) is 0 Å². The number of ether oxygens (including phenoxy) is 1. The van der Waals surface area contributed by atoms with Crippen LogP contribution in [0.1, 0.15) is 103 Å². The highest BCUT2D eigenvalue weighted by molar-refractivity contribution is 8.14. The predicted octanol–water partition coefficient (Wildman–Crippen LogP) is 5.25. The van der Waals surface area contributed by atoms with Crippen molar-refractivity contribution < 1.29 is 35.2 Å². The van der Waals surface area contributed by atoms with Crippen molar-refractivity contribution in [3.8, 4) is 0 Å². The molecule has 5 fully saturated rings. The number of hydrogen-bond acceptors (Lipinski definition) is 8. The van der Waals surface area contributed by atoms with Gasteiger partial charge in [0.1, 0.15) is 12.6 Å². The molecule has 9 nitrogen and oxygen atoms in total. The number of thioether (sulfide) groups is 1. The molecule has 0 aromatic rings. The molecule has 6 aliphatic rings. The second kappa shape index (κ2) is 14.4. The average molecular weight is 659 g/mol. The summed E-state index contributed by atoms with van der Waals surface area (Å²) < 4.78 is 68.9. The summed E-state index contributed by atoms with van der Waals surface area (Å²) in [7, 11) is -4.26. The van der Waals surface area contributed by atoms with Crippen LogP contribution in [-0.4, -0.2) is 85.1 Å². The molecular weight excluding hydrogens is 609 g/mol. The Morgan fingerprint density at radius 1 is 1.00 bits per heavy atom. The summed E-state index contributed by atoms with van der Waals surface area (Å²) in [4.78, 5) is 2.41. The first-order chi connectivity index (χ1) is 20.8. The van der Waals surface area contributed by atoms with Gasteiger partial charge in [0.15, 0.2) is 11.9 Å². The van der Waals surface area contributed by atoms with Gasteiger partial charge < -0.3 is 14.2 Å². The summed E-state index contributed by atoms with van der Waals surface area (Å²) in [5.41, 5.74) is 0. The molecule has 1 N–H and O–H groups in total. The van der Waals surface area contributed by atoms with Crippen LogP contribution in [0.5, 0.6) is 0 Å². The van der Waals surface area contributed by atoms with Crippen LogP contribution in [0.15, 0.2) is 12.0 Å². The highest BCUT2D eigenvalue weighted by atomic mass is 32.2. The minimum atomic E-state index is -4.26. The van der Waals surface area contributed by atoms with Crippen LogP contribution in [0.25, 0.3) is 0 Å². The van der Waals surface area contributed by atoms with E-state index in [-0.39, 0.29) is 18.5 Å². The maximum Gasteiger partial charge on any atom is 0.301 e. The second-order valence-corrected chi connectivity index (χ2v) is 17.3. The lowest BCUT2D eigenvalue weighted by Gasteiger charge is -2.40. The fourth-order valence-corrected chi connectivity index (χ4v) is 11.8. The molecule has 0 amide bonds. The Balaban J connectivity index is 1.27. The quantitative estimate of drug-likeness (QED) is 0.137. The summed E-state index contributed by atoms with van der Waals surface area (Å²) in [6, 6.07) is 0.675. The lowest BCUT2D eigenvalue weighted by molar-refractivity contribution is -0.572. The topological polar surface area (TPSA) is 119 Å². The monoisotopic (exact) mass is 658 g/mol. The minimum Gasteiger partial charge on any atom is -0.748 e. The molecule has 8 unspecified atom stereocenters. The number of rotatable bonds is 11. The van der Waals surface area contributed by atoms with Crippen LogP contribution < -0.4 is 0 Å². The first kappa shape index (κ1) is 32.3. The van der Waals surface area contributed by atoms with Crippen molar-refractivity contribution >= 4 is 38.3 Å². The zero-order valence-corrected chi connectivity index (χ0v) is 27.8. The van der Waals surface area contributed by atoms with Gasteiger partial charge in [-0.15, -0.1) is 0 Å². The number of nitrogens with zero attached hydrogens (tertiary/aromatic N) is 2. The van der Waals surface area contributed by atoms with Gasteiger partial charge in [-0.25, -0.2) is 13.0 Å². The van der Waals surface area contributed by atoms with Crippen LogP contribution in [0.2, 0.25) is 0 Å². The second-order valence-electron chi connectivity index (χ2n) is 13.8. The standard InChI is InChI=1S/C31H50N2O7S3/c34-42(35)39-18-6-16-32-26-20-24(22-8-2-1-3-9-22)12-14-27(26)40-29(32)21-30-33(17-7-19-43(36,37)38)31-25-11-5-4-10-23(25)13-15-28(31)41-30/h21-28,31H,1-20H2,(H-,34,35,36,37,38). The van der Waals surface area contributed by atoms with Crippen LogP contribution in [0, 0.1) is 23.7 Å². The van der Waals surface area contributed by atoms with E-state index in [9.17, 15) is 17.2 Å². The predicted molar refractivity (Wildman–Crippen MR) is 168 cm³/mol. The van der Waals surface area contributed by atoms with E-state index in [1.807, 2.05) is 11.8 Å². The van der Waals surface area contributed by atoms with Crippen molar-refractivity contribution in [3.05, 3.63) is 12.0 Å². The third-order valence-corrected chi connectivity index (χ3v) is 13.9. The Morgan fingerprint density at radius 2 is 1.74 bits per heavy atom. The van der Waals surface area contributed by atoms with Crippen LogP contribution >= 0.6 is 11.8 Å².